The molecule has 1 N–H and O–H groups in total. The first-order valence-electron chi connectivity index (χ1n) is 7.80. The van der Waals surface area contributed by atoms with Gasteiger partial charge in [0.15, 0.2) is 11.9 Å². The smallest absolute Gasteiger partial charge is 0.170 e. The Balaban J connectivity index is 2.68. The summed E-state index contributed by atoms with van der Waals surface area (Å²) >= 11 is 0. The van der Waals surface area contributed by atoms with Crippen LogP contribution in [0.1, 0.15) is 54.0 Å². The molecule has 0 aliphatic heterocycles. The van der Waals surface area contributed by atoms with Gasteiger partial charge in [-0.2, -0.15) is 0 Å². The van der Waals surface area contributed by atoms with Crippen molar-refractivity contribution in [3.05, 3.63) is 70.3 Å². The van der Waals surface area contributed by atoms with E-state index in [2.05, 4.69) is 20.8 Å². The average molecular weight is 296 g/mol. The third kappa shape index (κ3) is 2.71. The van der Waals surface area contributed by atoms with Gasteiger partial charge in [0.05, 0.1) is 0 Å². The van der Waals surface area contributed by atoms with Gasteiger partial charge in [0, 0.05) is 0 Å². The summed E-state index contributed by atoms with van der Waals surface area (Å²) in [5.74, 6) is 0.395. The molecule has 0 amide bonds. The number of aryl methyl sites for hydroxylation is 1. The third-order valence-corrected chi connectivity index (χ3v) is 4.63. The number of aliphatic hydroxyl groups is 1. The van der Waals surface area contributed by atoms with Crippen LogP contribution in [0.25, 0.3) is 0 Å². The molecule has 2 heteroatoms. The normalized spacial score (nSPS) is 15.1. The fourth-order valence-electron chi connectivity index (χ4n) is 3.22. The quantitative estimate of drug-likeness (QED) is 0.837. The molecule has 2 nitrogen and oxygen atoms in total. The lowest BCUT2D eigenvalue weighted by Gasteiger charge is -2.28. The number of hydrogen-bond donors (Lipinski definition) is 1. The molecule has 2 rings (SSSR count). The van der Waals surface area contributed by atoms with E-state index in [9.17, 15) is 9.90 Å². The van der Waals surface area contributed by atoms with Gasteiger partial charge in [-0.15, -0.1) is 0 Å². The van der Waals surface area contributed by atoms with Crippen LogP contribution in [-0.4, -0.2) is 11.4 Å². The highest BCUT2D eigenvalue weighted by molar-refractivity contribution is 5.73. The van der Waals surface area contributed by atoms with Crippen LogP contribution in [0.3, 0.4) is 0 Å². The van der Waals surface area contributed by atoms with E-state index in [0.29, 0.717) is 23.3 Å². The molecule has 0 aliphatic carbocycles. The van der Waals surface area contributed by atoms with Crippen molar-refractivity contribution in [3.63, 3.8) is 0 Å². The van der Waals surface area contributed by atoms with Crippen molar-refractivity contribution in [1.82, 2.24) is 0 Å². The summed E-state index contributed by atoms with van der Waals surface area (Å²) < 4.78 is 0. The van der Waals surface area contributed by atoms with Gasteiger partial charge in [-0.25, -0.2) is 0 Å². The molecule has 0 heterocycles. The van der Waals surface area contributed by atoms with Crippen LogP contribution in [0.5, 0.6) is 0 Å². The Morgan fingerprint density at radius 3 is 2.32 bits per heavy atom. The molecular formula is C20H24O2. The Kier molecular flexibility index (Phi) is 4.82. The molecule has 0 bridgehead atoms. The highest BCUT2D eigenvalue weighted by Gasteiger charge is 2.33. The van der Waals surface area contributed by atoms with E-state index in [1.165, 1.54) is 11.1 Å². The highest BCUT2D eigenvalue weighted by atomic mass is 16.3. The number of rotatable bonds is 5. The minimum atomic E-state index is -1.60. The second-order valence-corrected chi connectivity index (χ2v) is 6.03. The molecular weight excluding hydrogens is 272 g/mol. The van der Waals surface area contributed by atoms with Crippen LogP contribution in [0.4, 0.5) is 0 Å². The zero-order chi connectivity index (χ0) is 16.3. The summed E-state index contributed by atoms with van der Waals surface area (Å²) in [6.45, 7) is 8.42. The minimum Gasteiger partial charge on any atom is -0.373 e. The first-order chi connectivity index (χ1) is 10.5. The monoisotopic (exact) mass is 296 g/mol. The zero-order valence-electron chi connectivity index (χ0n) is 13.8. The van der Waals surface area contributed by atoms with Gasteiger partial charge in [0.1, 0.15) is 0 Å². The van der Waals surface area contributed by atoms with Gasteiger partial charge in [0.25, 0.3) is 0 Å². The number of carbonyl (C=O) groups is 1. The lowest BCUT2D eigenvalue weighted by Crippen LogP contribution is -2.30. The fourth-order valence-corrected chi connectivity index (χ4v) is 3.22. The molecule has 0 saturated carbocycles. The van der Waals surface area contributed by atoms with E-state index in [-0.39, 0.29) is 0 Å². The first-order valence-corrected chi connectivity index (χ1v) is 7.80. The standard InChI is InChI=1S/C20H24O2/c1-5-14(2)19-15(3)11-12-18(16(19)4)20(22,13-21)17-9-7-6-8-10-17/h6-14,22H,5H2,1-4H3. The molecule has 0 aromatic heterocycles. The topological polar surface area (TPSA) is 37.3 Å². The number of aldehydes is 1. The molecule has 2 unspecified atom stereocenters. The van der Waals surface area contributed by atoms with Crippen LogP contribution in [-0.2, 0) is 10.4 Å². The third-order valence-electron chi connectivity index (χ3n) is 4.63. The zero-order valence-corrected chi connectivity index (χ0v) is 13.8. The molecule has 0 spiro atoms. The van der Waals surface area contributed by atoms with Crippen molar-refractivity contribution in [1.29, 1.82) is 0 Å². The lowest BCUT2D eigenvalue weighted by molar-refractivity contribution is -0.121. The van der Waals surface area contributed by atoms with Gasteiger partial charge in [0.2, 0.25) is 0 Å². The maximum atomic E-state index is 11.8. The van der Waals surface area contributed by atoms with Crippen molar-refractivity contribution in [2.75, 3.05) is 0 Å². The predicted molar refractivity (Wildman–Crippen MR) is 90.1 cm³/mol. The Bertz CT molecular complexity index is 661. The summed E-state index contributed by atoms with van der Waals surface area (Å²) in [4.78, 5) is 11.8. The molecule has 2 atom stereocenters. The molecule has 22 heavy (non-hydrogen) atoms. The largest absolute Gasteiger partial charge is 0.373 e. The van der Waals surface area contributed by atoms with Crippen LogP contribution in [0.2, 0.25) is 0 Å². The average Bonchev–Trinajstić information content (AvgIpc) is 2.54. The van der Waals surface area contributed by atoms with Crippen molar-refractivity contribution in [3.8, 4) is 0 Å². The Hall–Kier alpha value is -1.93. The molecule has 2 aromatic carbocycles. The number of hydrogen-bond acceptors (Lipinski definition) is 2. The van der Waals surface area contributed by atoms with Crippen molar-refractivity contribution in [2.45, 2.75) is 45.6 Å². The molecule has 0 aliphatic rings. The molecule has 0 saturated heterocycles. The van der Waals surface area contributed by atoms with Gasteiger partial charge >= 0.3 is 0 Å². The molecule has 2 aromatic rings. The van der Waals surface area contributed by atoms with Gasteiger partial charge in [-0.1, -0.05) is 56.3 Å². The maximum absolute atomic E-state index is 11.8. The number of carbonyl (C=O) groups excluding carboxylic acids is 1. The first kappa shape index (κ1) is 16.4. The van der Waals surface area contributed by atoms with Crippen molar-refractivity contribution < 1.29 is 9.90 Å². The second-order valence-electron chi connectivity index (χ2n) is 6.03. The van der Waals surface area contributed by atoms with E-state index >= 15 is 0 Å². The minimum absolute atomic E-state index is 0.395. The van der Waals surface area contributed by atoms with E-state index < -0.39 is 5.60 Å². The van der Waals surface area contributed by atoms with Gasteiger partial charge < -0.3 is 5.11 Å². The van der Waals surface area contributed by atoms with Crippen LogP contribution in [0, 0.1) is 13.8 Å². The van der Waals surface area contributed by atoms with Crippen molar-refractivity contribution in [2.24, 2.45) is 0 Å². The molecule has 116 valence electrons. The van der Waals surface area contributed by atoms with Crippen LogP contribution >= 0.6 is 0 Å². The molecule has 0 radical (unpaired) electrons. The van der Waals surface area contributed by atoms with E-state index in [4.69, 9.17) is 0 Å². The summed E-state index contributed by atoms with van der Waals surface area (Å²) in [5, 5.41) is 11.0. The van der Waals surface area contributed by atoms with E-state index in [0.717, 1.165) is 12.0 Å². The summed E-state index contributed by atoms with van der Waals surface area (Å²) in [5.41, 5.74) is 3.13. The highest BCUT2D eigenvalue weighted by Crippen LogP contribution is 2.35. The van der Waals surface area contributed by atoms with Gasteiger partial charge in [-0.3, -0.25) is 4.79 Å². The second kappa shape index (κ2) is 6.45. The fraction of sp³-hybridized carbons (Fsp3) is 0.350. The summed E-state index contributed by atoms with van der Waals surface area (Å²) in [7, 11) is 0. The van der Waals surface area contributed by atoms with E-state index in [1.807, 2.05) is 37.3 Å². The summed E-state index contributed by atoms with van der Waals surface area (Å²) in [6, 6.07) is 13.0. The van der Waals surface area contributed by atoms with Crippen LogP contribution < -0.4 is 0 Å². The molecule has 0 fully saturated rings. The summed E-state index contributed by atoms with van der Waals surface area (Å²) in [6.07, 6.45) is 1.66. The van der Waals surface area contributed by atoms with Gasteiger partial charge in [-0.05, 0) is 54.0 Å². The van der Waals surface area contributed by atoms with Crippen LogP contribution in [0.15, 0.2) is 42.5 Å². The Morgan fingerprint density at radius 1 is 1.14 bits per heavy atom. The Labute approximate surface area is 132 Å². The van der Waals surface area contributed by atoms with Crippen molar-refractivity contribution >= 4 is 6.29 Å². The maximum Gasteiger partial charge on any atom is 0.170 e. The lowest BCUT2D eigenvalue weighted by atomic mass is 9.80. The van der Waals surface area contributed by atoms with E-state index in [1.54, 1.807) is 12.1 Å². The SMILES string of the molecule is CCC(C)c1c(C)ccc(C(O)(C=O)c2ccccc2)c1C. The predicted octanol–water partition coefficient (Wildman–Crippen LogP) is 4.25. The Morgan fingerprint density at radius 2 is 1.77 bits per heavy atom. The number of benzene rings is 2.